The van der Waals surface area contributed by atoms with E-state index in [1.165, 1.54) is 38.5 Å². The Balaban J connectivity index is 3.74. The van der Waals surface area contributed by atoms with E-state index >= 15 is 0 Å². The van der Waals surface area contributed by atoms with Gasteiger partial charge >= 0.3 is 0 Å². The molecule has 0 aliphatic carbocycles. The van der Waals surface area contributed by atoms with Gasteiger partial charge < -0.3 is 0 Å². The normalized spacial score (nSPS) is 17.4. The molecule has 0 fully saturated rings. The molecule has 0 rings (SSSR count). The Morgan fingerprint density at radius 2 is 1.53 bits per heavy atom. The van der Waals surface area contributed by atoms with Gasteiger partial charge in [-0.15, -0.1) is 23.2 Å². The molecule has 0 radical (unpaired) electrons. The summed E-state index contributed by atoms with van der Waals surface area (Å²) < 4.78 is 0. The van der Waals surface area contributed by atoms with E-state index in [0.29, 0.717) is 0 Å². The molecule has 0 saturated heterocycles. The first-order valence-electron chi connectivity index (χ1n) is 6.37. The van der Waals surface area contributed by atoms with Crippen LogP contribution in [0.2, 0.25) is 0 Å². The maximum absolute atomic E-state index is 6.47. The van der Waals surface area contributed by atoms with Gasteiger partial charge in [-0.05, 0) is 19.8 Å². The summed E-state index contributed by atoms with van der Waals surface area (Å²) in [5, 5.41) is 0.127. The minimum Gasteiger partial charge on any atom is -0.121 e. The summed E-state index contributed by atoms with van der Waals surface area (Å²) in [5.74, 6) is 0. The predicted molar refractivity (Wildman–Crippen MR) is 72.2 cm³/mol. The molecule has 0 aromatic carbocycles. The molecule has 0 nitrogen and oxygen atoms in total. The monoisotopic (exact) mass is 252 g/mol. The molecule has 2 unspecified atom stereocenters. The van der Waals surface area contributed by atoms with Crippen LogP contribution in [0.25, 0.3) is 0 Å². The Bertz CT molecular complexity index is 143. The van der Waals surface area contributed by atoms with Crippen LogP contribution in [-0.4, -0.2) is 10.3 Å². The molecule has 0 spiro atoms. The van der Waals surface area contributed by atoms with E-state index in [0.717, 1.165) is 12.8 Å². The van der Waals surface area contributed by atoms with Crippen LogP contribution < -0.4 is 0 Å². The number of unbranched alkanes of at least 4 members (excludes halogenated alkanes) is 4. The van der Waals surface area contributed by atoms with Crippen molar-refractivity contribution in [2.75, 3.05) is 0 Å². The smallest absolute Gasteiger partial charge is 0.0581 e. The molecule has 2 atom stereocenters. The van der Waals surface area contributed by atoms with Crippen LogP contribution in [0, 0.1) is 0 Å². The standard InChI is InChI=1S/C13H26Cl2/c1-4-6-8-10-12(14)13(3,15)11-9-7-5-2/h12H,4-11H2,1-3H3. The van der Waals surface area contributed by atoms with Gasteiger partial charge in [-0.3, -0.25) is 0 Å². The number of halogens is 2. The lowest BCUT2D eigenvalue weighted by Gasteiger charge is -2.27. The molecule has 0 bridgehead atoms. The Kier molecular flexibility index (Phi) is 9.04. The van der Waals surface area contributed by atoms with Crippen LogP contribution >= 0.6 is 23.2 Å². The van der Waals surface area contributed by atoms with Gasteiger partial charge in [0.05, 0.1) is 10.3 Å². The predicted octanol–water partition coefficient (Wildman–Crippen LogP) is 5.75. The zero-order valence-electron chi connectivity index (χ0n) is 10.5. The zero-order chi connectivity index (χ0) is 11.7. The Hall–Kier alpha value is 0.580. The molecule has 0 amide bonds. The van der Waals surface area contributed by atoms with Gasteiger partial charge in [0.2, 0.25) is 0 Å². The van der Waals surface area contributed by atoms with Crippen LogP contribution in [0.15, 0.2) is 0 Å². The second kappa shape index (κ2) is 8.70. The fraction of sp³-hybridized carbons (Fsp3) is 1.00. The third-order valence-corrected chi connectivity index (χ3v) is 4.25. The van der Waals surface area contributed by atoms with Gasteiger partial charge in [0.25, 0.3) is 0 Å². The van der Waals surface area contributed by atoms with Crippen LogP contribution in [-0.2, 0) is 0 Å². The quantitative estimate of drug-likeness (QED) is 0.362. The molecule has 15 heavy (non-hydrogen) atoms. The van der Waals surface area contributed by atoms with Gasteiger partial charge in [-0.25, -0.2) is 0 Å². The summed E-state index contributed by atoms with van der Waals surface area (Å²) in [6.07, 6.45) is 9.54. The minimum atomic E-state index is -0.204. The zero-order valence-corrected chi connectivity index (χ0v) is 12.0. The largest absolute Gasteiger partial charge is 0.121 e. The molecule has 0 aromatic rings. The summed E-state index contributed by atoms with van der Waals surface area (Å²) in [5.41, 5.74) is 0. The van der Waals surface area contributed by atoms with Gasteiger partial charge in [0, 0.05) is 0 Å². The summed E-state index contributed by atoms with van der Waals surface area (Å²) in [4.78, 5) is -0.204. The van der Waals surface area contributed by atoms with E-state index in [-0.39, 0.29) is 10.3 Å². The highest BCUT2D eigenvalue weighted by atomic mass is 35.5. The summed E-state index contributed by atoms with van der Waals surface area (Å²) >= 11 is 12.8. The van der Waals surface area contributed by atoms with Crippen molar-refractivity contribution in [1.82, 2.24) is 0 Å². The van der Waals surface area contributed by atoms with Gasteiger partial charge in [0.1, 0.15) is 0 Å². The summed E-state index contributed by atoms with van der Waals surface area (Å²) in [7, 11) is 0. The van der Waals surface area contributed by atoms with Crippen molar-refractivity contribution in [2.24, 2.45) is 0 Å². The van der Waals surface area contributed by atoms with Crippen LogP contribution in [0.4, 0.5) is 0 Å². The summed E-state index contributed by atoms with van der Waals surface area (Å²) in [6.45, 7) is 6.52. The SMILES string of the molecule is CCCCCC(Cl)C(C)(Cl)CCCCC. The molecule has 2 heteroatoms. The average molecular weight is 253 g/mol. The van der Waals surface area contributed by atoms with E-state index < -0.39 is 0 Å². The van der Waals surface area contributed by atoms with E-state index in [9.17, 15) is 0 Å². The second-order valence-corrected chi connectivity index (χ2v) is 6.09. The third-order valence-electron chi connectivity index (χ3n) is 2.98. The van der Waals surface area contributed by atoms with Crippen LogP contribution in [0.1, 0.15) is 72.1 Å². The molecule has 0 N–H and O–H groups in total. The third kappa shape index (κ3) is 7.47. The molecule has 0 heterocycles. The van der Waals surface area contributed by atoms with Crippen molar-refractivity contribution in [3.63, 3.8) is 0 Å². The molecule has 0 aromatic heterocycles. The van der Waals surface area contributed by atoms with Crippen molar-refractivity contribution in [3.05, 3.63) is 0 Å². The maximum Gasteiger partial charge on any atom is 0.0581 e. The molecule has 0 aliphatic rings. The van der Waals surface area contributed by atoms with E-state index in [1.54, 1.807) is 0 Å². The first-order chi connectivity index (χ1) is 7.04. The lowest BCUT2D eigenvalue weighted by Crippen LogP contribution is -2.29. The van der Waals surface area contributed by atoms with Crippen molar-refractivity contribution < 1.29 is 0 Å². The van der Waals surface area contributed by atoms with E-state index in [2.05, 4.69) is 20.8 Å². The van der Waals surface area contributed by atoms with E-state index in [4.69, 9.17) is 23.2 Å². The van der Waals surface area contributed by atoms with Gasteiger partial charge in [-0.1, -0.05) is 52.4 Å². The Morgan fingerprint density at radius 3 is 2.07 bits per heavy atom. The highest BCUT2D eigenvalue weighted by Gasteiger charge is 2.29. The maximum atomic E-state index is 6.47. The fourth-order valence-corrected chi connectivity index (χ4v) is 2.26. The van der Waals surface area contributed by atoms with Gasteiger partial charge in [0.15, 0.2) is 0 Å². The average Bonchev–Trinajstić information content (AvgIpc) is 2.18. The van der Waals surface area contributed by atoms with Crippen molar-refractivity contribution in [1.29, 1.82) is 0 Å². The second-order valence-electron chi connectivity index (χ2n) is 4.70. The minimum absolute atomic E-state index is 0.127. The molecular weight excluding hydrogens is 227 g/mol. The number of alkyl halides is 2. The highest BCUT2D eigenvalue weighted by molar-refractivity contribution is 6.32. The molecule has 0 saturated carbocycles. The summed E-state index contributed by atoms with van der Waals surface area (Å²) in [6, 6.07) is 0. The van der Waals surface area contributed by atoms with Crippen LogP contribution in [0.3, 0.4) is 0 Å². The lowest BCUT2D eigenvalue weighted by molar-refractivity contribution is 0.476. The molecule has 92 valence electrons. The first-order valence-corrected chi connectivity index (χ1v) is 7.19. The van der Waals surface area contributed by atoms with E-state index in [1.807, 2.05) is 0 Å². The highest BCUT2D eigenvalue weighted by Crippen LogP contribution is 2.33. The number of hydrogen-bond donors (Lipinski definition) is 0. The first kappa shape index (κ1) is 15.6. The Morgan fingerprint density at radius 1 is 1.00 bits per heavy atom. The van der Waals surface area contributed by atoms with Crippen molar-refractivity contribution >= 4 is 23.2 Å². The molecular formula is C13H26Cl2. The fourth-order valence-electron chi connectivity index (χ4n) is 1.75. The number of hydrogen-bond acceptors (Lipinski definition) is 0. The van der Waals surface area contributed by atoms with Crippen molar-refractivity contribution in [2.45, 2.75) is 82.4 Å². The molecule has 0 aliphatic heterocycles. The lowest BCUT2D eigenvalue weighted by atomic mass is 9.95. The van der Waals surface area contributed by atoms with Crippen molar-refractivity contribution in [3.8, 4) is 0 Å². The topological polar surface area (TPSA) is 0 Å². The Labute approximate surface area is 106 Å². The van der Waals surface area contributed by atoms with Gasteiger partial charge in [-0.2, -0.15) is 0 Å². The number of rotatable bonds is 9. The van der Waals surface area contributed by atoms with Crippen LogP contribution in [0.5, 0.6) is 0 Å².